The van der Waals surface area contributed by atoms with Crippen molar-refractivity contribution in [1.82, 2.24) is 5.32 Å². The molecule has 5 nitrogen and oxygen atoms in total. The van der Waals surface area contributed by atoms with Crippen molar-refractivity contribution in [1.29, 1.82) is 0 Å². The lowest BCUT2D eigenvalue weighted by Crippen LogP contribution is -2.32. The number of nitrogens with two attached hydrogens (primary N) is 1. The van der Waals surface area contributed by atoms with Crippen LogP contribution in [0.25, 0.3) is 0 Å². The Kier molecular flexibility index (Phi) is 10.4. The van der Waals surface area contributed by atoms with E-state index in [0.717, 1.165) is 13.0 Å². The topological polar surface area (TPSA) is 73.6 Å². The number of ether oxygens (including phenoxy) is 2. The van der Waals surface area contributed by atoms with E-state index in [9.17, 15) is 4.79 Å². The molecule has 5 heteroatoms. The molecule has 0 unspecified atom stereocenters. The maximum Gasteiger partial charge on any atom is 0.233 e. The van der Waals surface area contributed by atoms with Crippen molar-refractivity contribution < 1.29 is 14.3 Å². The maximum atomic E-state index is 10.7. The van der Waals surface area contributed by atoms with Gasteiger partial charge in [-0.05, 0) is 12.3 Å². The molecule has 0 aliphatic heterocycles. The summed E-state index contributed by atoms with van der Waals surface area (Å²) in [4.78, 5) is 10.7. The molecule has 16 heavy (non-hydrogen) atoms. The summed E-state index contributed by atoms with van der Waals surface area (Å²) >= 11 is 0. The third-order valence-corrected chi connectivity index (χ3v) is 1.97. The number of nitrogens with one attached hydrogen (secondary N) is 1. The highest BCUT2D eigenvalue weighted by atomic mass is 16.5. The number of rotatable bonds is 10. The van der Waals surface area contributed by atoms with E-state index in [1.54, 1.807) is 0 Å². The zero-order valence-corrected chi connectivity index (χ0v) is 10.3. The van der Waals surface area contributed by atoms with Gasteiger partial charge in [-0.3, -0.25) is 4.79 Å². The molecule has 0 aromatic carbocycles. The predicted molar refractivity (Wildman–Crippen MR) is 63.2 cm³/mol. The van der Waals surface area contributed by atoms with Crippen molar-refractivity contribution >= 4 is 5.91 Å². The molecule has 0 atom stereocenters. The first-order valence-electron chi connectivity index (χ1n) is 5.79. The first-order valence-corrected chi connectivity index (χ1v) is 5.79. The largest absolute Gasteiger partial charge is 0.379 e. The molecule has 0 radical (unpaired) electrons. The summed E-state index contributed by atoms with van der Waals surface area (Å²) in [5, 5.41) is 2.62. The van der Waals surface area contributed by atoms with Crippen LogP contribution < -0.4 is 11.1 Å². The van der Waals surface area contributed by atoms with Crippen molar-refractivity contribution in [2.75, 3.05) is 39.5 Å². The van der Waals surface area contributed by atoms with Gasteiger partial charge < -0.3 is 20.5 Å². The summed E-state index contributed by atoms with van der Waals surface area (Å²) in [6, 6.07) is 0. The van der Waals surface area contributed by atoms with Gasteiger partial charge in [0.1, 0.15) is 0 Å². The monoisotopic (exact) mass is 232 g/mol. The number of carbonyl (C=O) groups excluding carboxylic acids is 1. The second-order valence-electron chi connectivity index (χ2n) is 3.96. The summed E-state index contributed by atoms with van der Waals surface area (Å²) in [6.45, 7) is 7.32. The quantitative estimate of drug-likeness (QED) is 0.525. The van der Waals surface area contributed by atoms with Crippen LogP contribution in [0, 0.1) is 5.92 Å². The van der Waals surface area contributed by atoms with Gasteiger partial charge in [0.25, 0.3) is 0 Å². The molecule has 0 bridgehead atoms. The van der Waals surface area contributed by atoms with Crippen LogP contribution in [-0.4, -0.2) is 45.4 Å². The minimum absolute atomic E-state index is 0.0261. The third kappa shape index (κ3) is 11.4. The van der Waals surface area contributed by atoms with E-state index in [0.29, 0.717) is 32.3 Å². The highest BCUT2D eigenvalue weighted by Crippen LogP contribution is 1.98. The van der Waals surface area contributed by atoms with Crippen molar-refractivity contribution in [2.45, 2.75) is 20.3 Å². The highest BCUT2D eigenvalue weighted by Gasteiger charge is 1.96. The van der Waals surface area contributed by atoms with Crippen LogP contribution in [0.2, 0.25) is 0 Å². The van der Waals surface area contributed by atoms with Gasteiger partial charge in [0.15, 0.2) is 0 Å². The first kappa shape index (κ1) is 15.3. The van der Waals surface area contributed by atoms with Gasteiger partial charge in [0.05, 0.1) is 26.4 Å². The Balaban J connectivity index is 3.01. The van der Waals surface area contributed by atoms with Crippen molar-refractivity contribution in [3.05, 3.63) is 0 Å². The van der Waals surface area contributed by atoms with Gasteiger partial charge in [-0.25, -0.2) is 0 Å². The Hall–Kier alpha value is -0.650. The van der Waals surface area contributed by atoms with Crippen LogP contribution in [0.1, 0.15) is 20.3 Å². The lowest BCUT2D eigenvalue weighted by Gasteiger charge is -2.07. The fourth-order valence-corrected chi connectivity index (χ4v) is 0.976. The van der Waals surface area contributed by atoms with Crippen LogP contribution in [0.3, 0.4) is 0 Å². The van der Waals surface area contributed by atoms with Gasteiger partial charge in [-0.15, -0.1) is 0 Å². The summed E-state index contributed by atoms with van der Waals surface area (Å²) < 4.78 is 10.6. The molecule has 0 aliphatic rings. The molecular formula is C11H24N2O3. The van der Waals surface area contributed by atoms with E-state index in [-0.39, 0.29) is 12.5 Å². The second-order valence-corrected chi connectivity index (χ2v) is 3.96. The zero-order valence-electron chi connectivity index (χ0n) is 10.3. The van der Waals surface area contributed by atoms with Crippen LogP contribution in [0.4, 0.5) is 0 Å². The standard InChI is InChI=1S/C11H24N2O3/c1-10(2)3-5-15-7-8-16-6-4-13-11(14)9-12/h10H,3-9,12H2,1-2H3,(H,13,14). The van der Waals surface area contributed by atoms with Crippen LogP contribution >= 0.6 is 0 Å². The molecule has 0 spiro atoms. The van der Waals surface area contributed by atoms with Crippen molar-refractivity contribution in [2.24, 2.45) is 11.7 Å². The molecule has 0 aromatic heterocycles. The Morgan fingerprint density at radius 3 is 2.38 bits per heavy atom. The Morgan fingerprint density at radius 2 is 1.81 bits per heavy atom. The van der Waals surface area contributed by atoms with E-state index in [4.69, 9.17) is 15.2 Å². The molecule has 96 valence electrons. The smallest absolute Gasteiger partial charge is 0.233 e. The molecular weight excluding hydrogens is 208 g/mol. The summed E-state index contributed by atoms with van der Waals surface area (Å²) in [5.74, 6) is 0.518. The molecule has 1 amide bonds. The lowest BCUT2D eigenvalue weighted by molar-refractivity contribution is -0.119. The minimum atomic E-state index is -0.156. The SMILES string of the molecule is CC(C)CCOCCOCCNC(=O)CN. The number of carbonyl (C=O) groups is 1. The van der Waals surface area contributed by atoms with E-state index in [1.807, 2.05) is 0 Å². The van der Waals surface area contributed by atoms with Crippen LogP contribution in [-0.2, 0) is 14.3 Å². The lowest BCUT2D eigenvalue weighted by atomic mass is 10.1. The molecule has 0 saturated heterocycles. The highest BCUT2D eigenvalue weighted by molar-refractivity contribution is 5.77. The summed E-state index contributed by atoms with van der Waals surface area (Å²) in [5.41, 5.74) is 5.12. The Morgan fingerprint density at radius 1 is 1.19 bits per heavy atom. The summed E-state index contributed by atoms with van der Waals surface area (Å²) in [7, 11) is 0. The Labute approximate surface area is 97.7 Å². The molecule has 0 saturated carbocycles. The zero-order chi connectivity index (χ0) is 12.2. The molecule has 0 rings (SSSR count). The van der Waals surface area contributed by atoms with Crippen LogP contribution in [0.15, 0.2) is 0 Å². The molecule has 0 aromatic rings. The molecule has 0 aliphatic carbocycles. The van der Waals surface area contributed by atoms with Gasteiger partial charge in [0, 0.05) is 13.2 Å². The summed E-state index contributed by atoms with van der Waals surface area (Å²) in [6.07, 6.45) is 1.08. The molecule has 3 N–H and O–H groups in total. The van der Waals surface area contributed by atoms with Gasteiger partial charge in [-0.1, -0.05) is 13.8 Å². The number of hydrogen-bond donors (Lipinski definition) is 2. The van der Waals surface area contributed by atoms with E-state index >= 15 is 0 Å². The predicted octanol–water partition coefficient (Wildman–Crippen LogP) is 0.141. The van der Waals surface area contributed by atoms with Crippen molar-refractivity contribution in [3.63, 3.8) is 0 Å². The second kappa shape index (κ2) is 10.9. The average Bonchev–Trinajstić information content (AvgIpc) is 2.26. The maximum absolute atomic E-state index is 10.7. The molecule has 0 fully saturated rings. The number of amides is 1. The van der Waals surface area contributed by atoms with Crippen molar-refractivity contribution in [3.8, 4) is 0 Å². The van der Waals surface area contributed by atoms with Crippen LogP contribution in [0.5, 0.6) is 0 Å². The average molecular weight is 232 g/mol. The number of hydrogen-bond acceptors (Lipinski definition) is 4. The fraction of sp³-hybridized carbons (Fsp3) is 0.909. The van der Waals surface area contributed by atoms with Gasteiger partial charge >= 0.3 is 0 Å². The fourth-order valence-electron chi connectivity index (χ4n) is 0.976. The van der Waals surface area contributed by atoms with E-state index in [1.165, 1.54) is 0 Å². The first-order chi connectivity index (χ1) is 7.66. The van der Waals surface area contributed by atoms with E-state index < -0.39 is 0 Å². The van der Waals surface area contributed by atoms with Gasteiger partial charge in [-0.2, -0.15) is 0 Å². The molecule has 0 heterocycles. The normalized spacial score (nSPS) is 10.8. The third-order valence-electron chi connectivity index (χ3n) is 1.97. The van der Waals surface area contributed by atoms with Gasteiger partial charge in [0.2, 0.25) is 5.91 Å². The Bertz CT molecular complexity index is 175. The minimum Gasteiger partial charge on any atom is -0.379 e. The van der Waals surface area contributed by atoms with E-state index in [2.05, 4.69) is 19.2 Å².